The number of urea groups is 1. The van der Waals surface area contributed by atoms with Crippen LogP contribution in [-0.4, -0.2) is 85.1 Å². The van der Waals surface area contributed by atoms with Crippen LogP contribution in [0.3, 0.4) is 0 Å². The number of thiazole rings is 1. The van der Waals surface area contributed by atoms with Crippen molar-refractivity contribution in [2.45, 2.75) is 84.8 Å². The number of carbonyl (C=O) groups is 4. The van der Waals surface area contributed by atoms with Crippen molar-refractivity contribution >= 4 is 46.5 Å². The first kappa shape index (κ1) is 46.9. The summed E-state index contributed by atoms with van der Waals surface area (Å²) in [5.41, 5.74) is 6.90. The second-order valence-corrected chi connectivity index (χ2v) is 17.4. The molecule has 2 aromatic carbocycles. The maximum absolute atomic E-state index is 14.0. The van der Waals surface area contributed by atoms with Gasteiger partial charge in [-0.3, -0.25) is 14.4 Å². The van der Waals surface area contributed by atoms with E-state index in [4.69, 9.17) is 0 Å². The number of benzene rings is 2. The minimum Gasteiger partial charge on any atom is -0.392 e. The highest BCUT2D eigenvalue weighted by atomic mass is 32.1. The number of likely N-dealkylation sites (tertiary alicyclic amines) is 1. The standard InChI is InChI=1S/C47H52FN9O6S/c1-29-42(64-28-53-29)33-13-10-31(11-14-33)24-52-44(61)39-21-37(59)26-57(39)45(62)43(47(2,3)4)56-41(60)9-6-17-49-23-32-8-5-7-30(19-32)12-15-35-20-36(16-18-50-35)54-46(63)55-38-22-40(48)51-25-34(38)27-58/h5,7-8,10-11,13-14,16,18-20,22,25,28,37,39,43,49,58-59H,6,9,17,21,23-24,26-27H2,1-4H3,(H,52,61)(H,56,60)(H2,50,51,54,55,63)/t37-,39+,43-/m1/s1. The SMILES string of the molecule is Cc1ncsc1-c1ccc(CNC(=O)[C@@H]2C[C@@H](O)CN2C(=O)[C@@H](NC(=O)CCCNCc2cccc(C#Cc3cc(NC(=O)Nc4cc(F)ncc4CO)ccn3)c2)C(C)(C)C)cc1. The van der Waals surface area contributed by atoms with E-state index in [1.807, 2.05) is 81.7 Å². The number of aryl methyl sites for hydroxylation is 1. The molecule has 5 aromatic rings. The number of rotatable bonds is 15. The molecule has 0 unspecified atom stereocenters. The van der Waals surface area contributed by atoms with Gasteiger partial charge in [0.15, 0.2) is 0 Å². The fourth-order valence-corrected chi connectivity index (χ4v) is 7.89. The number of amides is 5. The van der Waals surface area contributed by atoms with Gasteiger partial charge < -0.3 is 41.7 Å². The van der Waals surface area contributed by atoms with Crippen LogP contribution in [0.15, 0.2) is 84.6 Å². The molecule has 0 bridgehead atoms. The summed E-state index contributed by atoms with van der Waals surface area (Å²) in [6.07, 6.45) is 2.55. The van der Waals surface area contributed by atoms with Crippen molar-refractivity contribution in [1.82, 2.24) is 35.8 Å². The molecule has 0 spiro atoms. The summed E-state index contributed by atoms with van der Waals surface area (Å²) in [5.74, 6) is 4.21. The molecule has 4 heterocycles. The molecule has 0 radical (unpaired) electrons. The molecular formula is C47H52FN9O6S. The van der Waals surface area contributed by atoms with Crippen molar-refractivity contribution in [3.8, 4) is 22.3 Å². The number of halogens is 1. The van der Waals surface area contributed by atoms with E-state index in [1.54, 1.807) is 23.5 Å². The number of aliphatic hydroxyl groups excluding tert-OH is 2. The molecule has 0 aliphatic carbocycles. The van der Waals surface area contributed by atoms with Crippen LogP contribution in [0.4, 0.5) is 20.6 Å². The Balaban J connectivity index is 0.950. The summed E-state index contributed by atoms with van der Waals surface area (Å²) in [4.78, 5) is 67.8. The Morgan fingerprint density at radius 1 is 0.969 bits per heavy atom. The topological polar surface area (TPSA) is 211 Å². The monoisotopic (exact) mass is 889 g/mol. The lowest BCUT2D eigenvalue weighted by molar-refractivity contribution is -0.144. The summed E-state index contributed by atoms with van der Waals surface area (Å²) in [5, 5.41) is 34.4. The fourth-order valence-electron chi connectivity index (χ4n) is 7.08. The molecule has 0 saturated carbocycles. The van der Waals surface area contributed by atoms with Crippen LogP contribution in [0.1, 0.15) is 73.7 Å². The predicted octanol–water partition coefficient (Wildman–Crippen LogP) is 5.26. The third-order valence-electron chi connectivity index (χ3n) is 10.4. The molecule has 15 nitrogen and oxygen atoms in total. The van der Waals surface area contributed by atoms with Gasteiger partial charge in [0, 0.05) is 67.8 Å². The van der Waals surface area contributed by atoms with E-state index >= 15 is 0 Å². The lowest BCUT2D eigenvalue weighted by Gasteiger charge is -2.35. The summed E-state index contributed by atoms with van der Waals surface area (Å²) < 4.78 is 13.6. The van der Waals surface area contributed by atoms with Gasteiger partial charge in [-0.1, -0.05) is 63.1 Å². The van der Waals surface area contributed by atoms with Crippen LogP contribution in [0.5, 0.6) is 0 Å². The highest BCUT2D eigenvalue weighted by Gasteiger charge is 2.44. The molecule has 334 valence electrons. The van der Waals surface area contributed by atoms with Crippen LogP contribution < -0.4 is 26.6 Å². The van der Waals surface area contributed by atoms with Crippen LogP contribution in [-0.2, 0) is 34.1 Å². The zero-order valence-corrected chi connectivity index (χ0v) is 36.9. The Morgan fingerprint density at radius 3 is 2.50 bits per heavy atom. The number of aromatic nitrogens is 3. The first-order chi connectivity index (χ1) is 30.7. The van der Waals surface area contributed by atoms with Crippen molar-refractivity contribution in [2.24, 2.45) is 5.41 Å². The Kier molecular flexibility index (Phi) is 15.9. The van der Waals surface area contributed by atoms with Gasteiger partial charge in [-0.2, -0.15) is 4.39 Å². The van der Waals surface area contributed by atoms with Gasteiger partial charge in [0.25, 0.3) is 0 Å². The maximum Gasteiger partial charge on any atom is 0.323 e. The fraction of sp³-hybridized carbons (Fsp3) is 0.340. The Bertz CT molecular complexity index is 2520. The summed E-state index contributed by atoms with van der Waals surface area (Å²) in [7, 11) is 0. The normalized spacial score (nSPS) is 15.1. The smallest absolute Gasteiger partial charge is 0.323 e. The van der Waals surface area contributed by atoms with Gasteiger partial charge in [-0.15, -0.1) is 11.3 Å². The van der Waals surface area contributed by atoms with Gasteiger partial charge in [-0.05, 0) is 72.2 Å². The third kappa shape index (κ3) is 13.0. The minimum absolute atomic E-state index is 0.00654. The lowest BCUT2D eigenvalue weighted by atomic mass is 9.85. The number of nitrogens with zero attached hydrogens (tertiary/aromatic N) is 4. The molecule has 3 atom stereocenters. The average molecular weight is 890 g/mol. The summed E-state index contributed by atoms with van der Waals surface area (Å²) >= 11 is 1.57. The number of nitrogens with one attached hydrogen (secondary N) is 5. The molecule has 3 aromatic heterocycles. The number of carbonyl (C=O) groups excluding carboxylic acids is 4. The van der Waals surface area contributed by atoms with E-state index in [9.17, 15) is 33.8 Å². The first-order valence-corrected chi connectivity index (χ1v) is 21.7. The average Bonchev–Trinajstić information content (AvgIpc) is 3.88. The molecule has 1 aliphatic rings. The molecule has 7 N–H and O–H groups in total. The van der Waals surface area contributed by atoms with Crippen molar-refractivity contribution in [3.63, 3.8) is 0 Å². The number of anilines is 2. The quantitative estimate of drug-likeness (QED) is 0.0412. The second-order valence-electron chi connectivity index (χ2n) is 16.5. The number of aliphatic hydroxyl groups is 2. The van der Waals surface area contributed by atoms with Crippen molar-refractivity contribution in [1.29, 1.82) is 0 Å². The van der Waals surface area contributed by atoms with E-state index < -0.39 is 48.1 Å². The van der Waals surface area contributed by atoms with E-state index in [2.05, 4.69) is 53.4 Å². The number of hydrogen-bond acceptors (Lipinski definition) is 11. The highest BCUT2D eigenvalue weighted by molar-refractivity contribution is 7.13. The van der Waals surface area contributed by atoms with E-state index in [1.165, 1.54) is 11.1 Å². The van der Waals surface area contributed by atoms with Crippen molar-refractivity contribution in [2.75, 3.05) is 23.7 Å². The molecule has 5 amide bonds. The first-order valence-electron chi connectivity index (χ1n) is 20.8. The second kappa shape index (κ2) is 21.7. The summed E-state index contributed by atoms with van der Waals surface area (Å²) in [6.45, 7) is 8.39. The summed E-state index contributed by atoms with van der Waals surface area (Å²) in [6, 6.07) is 17.2. The molecule has 6 rings (SSSR count). The number of hydrogen-bond donors (Lipinski definition) is 7. The largest absolute Gasteiger partial charge is 0.392 e. The molecule has 1 fully saturated rings. The molecule has 1 aliphatic heterocycles. The zero-order valence-electron chi connectivity index (χ0n) is 36.1. The van der Waals surface area contributed by atoms with E-state index in [0.29, 0.717) is 30.9 Å². The van der Waals surface area contributed by atoms with Crippen LogP contribution in [0.25, 0.3) is 10.4 Å². The van der Waals surface area contributed by atoms with Gasteiger partial charge >= 0.3 is 6.03 Å². The van der Waals surface area contributed by atoms with Crippen molar-refractivity contribution in [3.05, 3.63) is 124 Å². The van der Waals surface area contributed by atoms with Gasteiger partial charge in [-0.25, -0.2) is 19.7 Å². The molecule has 1 saturated heterocycles. The zero-order chi connectivity index (χ0) is 45.8. The van der Waals surface area contributed by atoms with Gasteiger partial charge in [0.1, 0.15) is 17.8 Å². The Morgan fingerprint density at radius 2 is 1.77 bits per heavy atom. The molecule has 64 heavy (non-hydrogen) atoms. The van der Waals surface area contributed by atoms with Gasteiger partial charge in [0.2, 0.25) is 23.7 Å². The minimum atomic E-state index is -0.917. The molecular weight excluding hydrogens is 838 g/mol. The number of pyridine rings is 2. The van der Waals surface area contributed by atoms with E-state index in [0.717, 1.165) is 45.1 Å². The van der Waals surface area contributed by atoms with E-state index in [-0.39, 0.29) is 49.0 Å². The Labute approximate surface area is 375 Å². The van der Waals surface area contributed by atoms with Gasteiger partial charge in [0.05, 0.1) is 34.5 Å². The number of β-amino-alcohol motifs (C(OH)–C–C–N with tert-alkyl or cyclic N) is 1. The molecule has 17 heteroatoms. The van der Waals surface area contributed by atoms with Crippen LogP contribution >= 0.6 is 11.3 Å². The van der Waals surface area contributed by atoms with Crippen LogP contribution in [0.2, 0.25) is 0 Å². The van der Waals surface area contributed by atoms with Crippen LogP contribution in [0, 0.1) is 30.1 Å². The maximum atomic E-state index is 14.0. The third-order valence-corrected chi connectivity index (χ3v) is 11.4. The predicted molar refractivity (Wildman–Crippen MR) is 242 cm³/mol. The lowest BCUT2D eigenvalue weighted by Crippen LogP contribution is -2.57. The highest BCUT2D eigenvalue weighted by Crippen LogP contribution is 2.28. The Hall–Kier alpha value is -6.58. The van der Waals surface area contributed by atoms with Crippen molar-refractivity contribution < 1.29 is 33.8 Å².